The largest absolute Gasteiger partial charge is 0.543 e. The third-order valence-electron chi connectivity index (χ3n) is 5.95. The molecule has 0 bridgehead atoms. The standard InChI is InChI=1S/C21H31BN2O2SSi/c1-21(2,3)28(5,6)26-16-11-10-15-8-7-9-19(17(15)14-16)24-13-12-18(20(24)27)23-22(4)25/h7-11,14,18,23,25H,12-13H2,1-6H3/t18-/m1/s1. The molecule has 150 valence electrons. The molecule has 1 fully saturated rings. The van der Waals surface area contributed by atoms with Crippen molar-refractivity contribution in [3.8, 4) is 5.75 Å². The van der Waals surface area contributed by atoms with Crippen molar-refractivity contribution in [1.82, 2.24) is 5.23 Å². The maximum atomic E-state index is 9.67. The molecule has 0 aromatic heterocycles. The van der Waals surface area contributed by atoms with Gasteiger partial charge in [-0.05, 0) is 55.0 Å². The predicted octanol–water partition coefficient (Wildman–Crippen LogP) is 4.83. The van der Waals surface area contributed by atoms with Crippen LogP contribution in [0.25, 0.3) is 10.8 Å². The summed E-state index contributed by atoms with van der Waals surface area (Å²) in [6, 6.07) is 12.7. The van der Waals surface area contributed by atoms with Gasteiger partial charge in [0.15, 0.2) is 0 Å². The van der Waals surface area contributed by atoms with Crippen LogP contribution in [0.3, 0.4) is 0 Å². The first kappa shape index (κ1) is 21.3. The van der Waals surface area contributed by atoms with Crippen molar-refractivity contribution in [2.45, 2.75) is 58.2 Å². The van der Waals surface area contributed by atoms with Crippen molar-refractivity contribution in [2.24, 2.45) is 0 Å². The molecule has 0 spiro atoms. The van der Waals surface area contributed by atoms with E-state index in [1.807, 2.05) is 0 Å². The summed E-state index contributed by atoms with van der Waals surface area (Å²) in [5, 5.41) is 15.3. The number of nitrogens with zero attached hydrogens (tertiary/aromatic N) is 1. The quantitative estimate of drug-likeness (QED) is 0.542. The van der Waals surface area contributed by atoms with Crippen molar-refractivity contribution in [1.29, 1.82) is 0 Å². The Morgan fingerprint density at radius 2 is 1.96 bits per heavy atom. The third-order valence-corrected chi connectivity index (χ3v) is 10.8. The Kier molecular flexibility index (Phi) is 5.92. The summed E-state index contributed by atoms with van der Waals surface area (Å²) < 4.78 is 6.53. The number of fused-ring (bicyclic) bond motifs is 1. The van der Waals surface area contributed by atoms with Gasteiger partial charge in [-0.15, -0.1) is 0 Å². The Balaban J connectivity index is 1.95. The summed E-state index contributed by atoms with van der Waals surface area (Å²) in [6.45, 7) is 13.9. The van der Waals surface area contributed by atoms with Gasteiger partial charge in [0.2, 0.25) is 8.32 Å². The van der Waals surface area contributed by atoms with Gasteiger partial charge in [-0.25, -0.2) is 0 Å². The minimum Gasteiger partial charge on any atom is -0.543 e. The molecule has 2 aromatic carbocycles. The van der Waals surface area contributed by atoms with Crippen LogP contribution in [0.5, 0.6) is 5.75 Å². The number of anilines is 1. The Morgan fingerprint density at radius 3 is 2.61 bits per heavy atom. The van der Waals surface area contributed by atoms with Crippen LogP contribution in [0.1, 0.15) is 27.2 Å². The smallest absolute Gasteiger partial charge is 0.374 e. The lowest BCUT2D eigenvalue weighted by atomic mass is 9.87. The molecule has 0 radical (unpaired) electrons. The minimum absolute atomic E-state index is 0.0249. The summed E-state index contributed by atoms with van der Waals surface area (Å²) in [4.78, 5) is 3.03. The van der Waals surface area contributed by atoms with Crippen molar-refractivity contribution in [3.63, 3.8) is 0 Å². The third kappa shape index (κ3) is 4.27. The van der Waals surface area contributed by atoms with Crippen LogP contribution in [0.2, 0.25) is 25.0 Å². The maximum Gasteiger partial charge on any atom is 0.374 e. The molecule has 2 N–H and O–H groups in total. The minimum atomic E-state index is -1.90. The molecule has 1 atom stereocenters. The van der Waals surface area contributed by atoms with E-state index >= 15 is 0 Å². The van der Waals surface area contributed by atoms with Crippen LogP contribution >= 0.6 is 12.2 Å². The van der Waals surface area contributed by atoms with E-state index in [4.69, 9.17) is 16.6 Å². The molecule has 1 aliphatic heterocycles. The number of thiocarbonyl (C=S) groups is 1. The van der Waals surface area contributed by atoms with E-state index in [0.29, 0.717) is 0 Å². The average Bonchev–Trinajstić information content (AvgIpc) is 2.93. The zero-order valence-corrected chi connectivity index (χ0v) is 19.6. The zero-order valence-electron chi connectivity index (χ0n) is 17.7. The fraction of sp³-hybridized carbons (Fsp3) is 0.476. The van der Waals surface area contributed by atoms with Crippen LogP contribution in [0.4, 0.5) is 5.69 Å². The van der Waals surface area contributed by atoms with E-state index in [2.05, 4.69) is 80.4 Å². The van der Waals surface area contributed by atoms with Gasteiger partial charge in [-0.2, -0.15) is 0 Å². The fourth-order valence-electron chi connectivity index (χ4n) is 3.35. The normalized spacial score (nSPS) is 18.0. The molecule has 7 heteroatoms. The van der Waals surface area contributed by atoms with E-state index in [0.717, 1.165) is 34.8 Å². The molecule has 1 heterocycles. The fourth-order valence-corrected chi connectivity index (χ4v) is 4.74. The van der Waals surface area contributed by atoms with Crippen LogP contribution in [0, 0.1) is 0 Å². The highest BCUT2D eigenvalue weighted by molar-refractivity contribution is 7.80. The average molecular weight is 414 g/mol. The Bertz CT molecular complexity index is 882. The second-order valence-corrected chi connectivity index (χ2v) is 14.3. The summed E-state index contributed by atoms with van der Waals surface area (Å²) in [5.41, 5.74) is 1.11. The lowest BCUT2D eigenvalue weighted by Crippen LogP contribution is -2.44. The maximum absolute atomic E-state index is 9.67. The number of hydrogen-bond donors (Lipinski definition) is 2. The highest BCUT2D eigenvalue weighted by Crippen LogP contribution is 2.39. The molecule has 1 saturated heterocycles. The Labute approximate surface area is 175 Å². The first-order valence-corrected chi connectivity index (χ1v) is 13.3. The van der Waals surface area contributed by atoms with Gasteiger partial charge in [0.25, 0.3) is 0 Å². The molecule has 0 unspecified atom stereocenters. The molecule has 0 saturated carbocycles. The topological polar surface area (TPSA) is 44.7 Å². The lowest BCUT2D eigenvalue weighted by molar-refractivity contribution is 0.493. The van der Waals surface area contributed by atoms with E-state index in [1.165, 1.54) is 5.39 Å². The highest BCUT2D eigenvalue weighted by atomic mass is 32.1. The van der Waals surface area contributed by atoms with Gasteiger partial charge in [0, 0.05) is 17.6 Å². The monoisotopic (exact) mass is 414 g/mol. The van der Waals surface area contributed by atoms with Gasteiger partial charge < -0.3 is 19.6 Å². The lowest BCUT2D eigenvalue weighted by Gasteiger charge is -2.36. The first-order chi connectivity index (χ1) is 13.0. The molecule has 2 aromatic rings. The second kappa shape index (κ2) is 7.78. The van der Waals surface area contributed by atoms with Crippen LogP contribution in [-0.2, 0) is 0 Å². The van der Waals surface area contributed by atoms with E-state index < -0.39 is 15.4 Å². The van der Waals surface area contributed by atoms with Crippen molar-refractivity contribution in [3.05, 3.63) is 36.4 Å². The zero-order chi connectivity index (χ0) is 20.7. The summed E-state index contributed by atoms with van der Waals surface area (Å²) in [5.74, 6) is 0.926. The van der Waals surface area contributed by atoms with Crippen molar-refractivity contribution < 1.29 is 9.45 Å². The molecule has 1 aliphatic rings. The SMILES string of the molecule is CB(O)N[C@@H]1CCN(c2cccc3ccc(O[Si](C)(C)C(C)(C)C)cc23)C1=S. The molecule has 28 heavy (non-hydrogen) atoms. The van der Waals surface area contributed by atoms with E-state index in [-0.39, 0.29) is 11.1 Å². The molecule has 4 nitrogen and oxygen atoms in total. The van der Waals surface area contributed by atoms with Crippen LogP contribution in [0.15, 0.2) is 36.4 Å². The van der Waals surface area contributed by atoms with Gasteiger partial charge in [0.05, 0.1) is 11.0 Å². The Hall–Kier alpha value is -1.41. The summed E-state index contributed by atoms with van der Waals surface area (Å²) in [7, 11) is -2.47. The number of nitrogens with one attached hydrogen (secondary N) is 1. The summed E-state index contributed by atoms with van der Waals surface area (Å²) in [6.07, 6.45) is 0.889. The van der Waals surface area contributed by atoms with Crippen molar-refractivity contribution >= 4 is 49.0 Å². The van der Waals surface area contributed by atoms with Gasteiger partial charge in [-0.3, -0.25) is 0 Å². The van der Waals surface area contributed by atoms with Crippen LogP contribution in [-0.4, -0.2) is 38.0 Å². The number of benzene rings is 2. The molecule has 0 aliphatic carbocycles. The highest BCUT2D eigenvalue weighted by Gasteiger charge is 2.39. The van der Waals surface area contributed by atoms with Crippen LogP contribution < -0.4 is 14.6 Å². The van der Waals surface area contributed by atoms with Gasteiger partial charge >= 0.3 is 7.05 Å². The summed E-state index contributed by atoms with van der Waals surface area (Å²) >= 11 is 5.72. The van der Waals surface area contributed by atoms with Gasteiger partial charge in [0.1, 0.15) is 5.75 Å². The predicted molar refractivity (Wildman–Crippen MR) is 127 cm³/mol. The molecule has 3 rings (SSSR count). The van der Waals surface area contributed by atoms with Gasteiger partial charge in [-0.1, -0.05) is 51.2 Å². The first-order valence-electron chi connectivity index (χ1n) is 9.97. The van der Waals surface area contributed by atoms with E-state index in [9.17, 15) is 5.02 Å². The Morgan fingerprint density at radius 1 is 1.25 bits per heavy atom. The second-order valence-electron chi connectivity index (χ2n) is 9.20. The van der Waals surface area contributed by atoms with Crippen molar-refractivity contribution in [2.75, 3.05) is 11.4 Å². The number of hydrogen-bond acceptors (Lipinski definition) is 4. The number of rotatable bonds is 5. The molecular formula is C21H31BN2O2SSi. The molecule has 0 amide bonds. The molecular weight excluding hydrogens is 383 g/mol. The van der Waals surface area contributed by atoms with E-state index in [1.54, 1.807) is 6.82 Å².